The van der Waals surface area contributed by atoms with Crippen molar-refractivity contribution in [2.45, 2.75) is 26.0 Å². The minimum absolute atomic E-state index is 0.103. The second kappa shape index (κ2) is 7.99. The molecule has 21 heavy (non-hydrogen) atoms. The molecule has 1 unspecified atom stereocenters. The van der Waals surface area contributed by atoms with E-state index in [2.05, 4.69) is 21.2 Å². The number of carboxylic acid groups (broad SMARTS) is 1. The first-order valence-electron chi connectivity index (χ1n) is 6.32. The average molecular weight is 360 g/mol. The zero-order valence-corrected chi connectivity index (χ0v) is 13.6. The summed E-state index contributed by atoms with van der Waals surface area (Å²) in [4.78, 5) is 23.0. The number of amides is 1. The molecule has 1 aromatic carbocycles. The van der Waals surface area contributed by atoms with Gasteiger partial charge in [0, 0.05) is 0 Å². The summed E-state index contributed by atoms with van der Waals surface area (Å²) in [5.74, 6) is -1.05. The van der Waals surface area contributed by atoms with Gasteiger partial charge >= 0.3 is 5.97 Å². The molecule has 1 rings (SSSR count). The van der Waals surface area contributed by atoms with Gasteiger partial charge in [0.15, 0.2) is 6.04 Å². The minimum Gasteiger partial charge on any atom is -0.496 e. The molecular weight excluding hydrogens is 342 g/mol. The Morgan fingerprint density at radius 2 is 2.05 bits per heavy atom. The van der Waals surface area contributed by atoms with Gasteiger partial charge in [-0.3, -0.25) is 4.79 Å². The number of carboxylic acids is 1. The first kappa shape index (κ1) is 17.5. The molecule has 0 heterocycles. The summed E-state index contributed by atoms with van der Waals surface area (Å²) in [6.45, 7) is 3.41. The highest BCUT2D eigenvalue weighted by Gasteiger charge is 2.23. The highest BCUT2D eigenvalue weighted by atomic mass is 79.9. The second-order valence-electron chi connectivity index (χ2n) is 4.59. The number of carbonyl (C=O) groups excluding carboxylic acids is 1. The fraction of sp³-hybridized carbons (Fsp3) is 0.429. The van der Waals surface area contributed by atoms with E-state index in [1.54, 1.807) is 32.0 Å². The zero-order valence-electron chi connectivity index (χ0n) is 12.1. The van der Waals surface area contributed by atoms with Crippen LogP contribution in [0.2, 0.25) is 0 Å². The van der Waals surface area contributed by atoms with Crippen LogP contribution in [0.4, 0.5) is 0 Å². The van der Waals surface area contributed by atoms with Gasteiger partial charge in [-0.25, -0.2) is 4.79 Å². The number of hydrogen-bond acceptors (Lipinski definition) is 4. The molecule has 0 saturated carbocycles. The van der Waals surface area contributed by atoms with E-state index in [0.29, 0.717) is 15.8 Å². The smallest absolute Gasteiger partial charge is 0.330 e. The predicted molar refractivity (Wildman–Crippen MR) is 80.3 cm³/mol. The van der Waals surface area contributed by atoms with Crippen molar-refractivity contribution >= 4 is 27.8 Å². The van der Waals surface area contributed by atoms with Gasteiger partial charge in [0.1, 0.15) is 12.4 Å². The van der Waals surface area contributed by atoms with Gasteiger partial charge < -0.3 is 19.9 Å². The number of halogens is 1. The highest BCUT2D eigenvalue weighted by molar-refractivity contribution is 9.10. The summed E-state index contributed by atoms with van der Waals surface area (Å²) in [6.07, 6.45) is -0.103. The third kappa shape index (κ3) is 5.35. The van der Waals surface area contributed by atoms with Crippen LogP contribution in [0.15, 0.2) is 22.7 Å². The Hall–Kier alpha value is -1.60. The lowest BCUT2D eigenvalue weighted by Crippen LogP contribution is -2.36. The summed E-state index contributed by atoms with van der Waals surface area (Å²) in [7, 11) is 1.51. The molecule has 0 radical (unpaired) electrons. The van der Waals surface area contributed by atoms with E-state index in [9.17, 15) is 14.7 Å². The fourth-order valence-electron chi connectivity index (χ4n) is 1.59. The SMILES string of the molecule is COc1ccc(C(NC(=O)COC(C)C)C(=O)O)cc1Br. The van der Waals surface area contributed by atoms with Crippen LogP contribution >= 0.6 is 15.9 Å². The lowest BCUT2D eigenvalue weighted by Gasteiger charge is -2.16. The van der Waals surface area contributed by atoms with E-state index in [1.807, 2.05) is 0 Å². The van der Waals surface area contributed by atoms with E-state index >= 15 is 0 Å². The largest absolute Gasteiger partial charge is 0.496 e. The van der Waals surface area contributed by atoms with E-state index in [0.717, 1.165) is 0 Å². The Balaban J connectivity index is 2.85. The molecule has 0 aliphatic carbocycles. The number of rotatable bonds is 7. The molecule has 7 heteroatoms. The van der Waals surface area contributed by atoms with Gasteiger partial charge in [-0.2, -0.15) is 0 Å². The van der Waals surface area contributed by atoms with Crippen molar-refractivity contribution < 1.29 is 24.2 Å². The number of methoxy groups -OCH3 is 1. The molecular formula is C14H18BrNO5. The number of ether oxygens (including phenoxy) is 2. The van der Waals surface area contributed by atoms with Crippen molar-refractivity contribution in [1.29, 1.82) is 0 Å². The Kier molecular flexibility index (Phi) is 6.64. The van der Waals surface area contributed by atoms with Crippen LogP contribution < -0.4 is 10.1 Å². The van der Waals surface area contributed by atoms with Gasteiger partial charge in [0.25, 0.3) is 0 Å². The first-order valence-corrected chi connectivity index (χ1v) is 7.11. The maximum Gasteiger partial charge on any atom is 0.330 e. The molecule has 0 fully saturated rings. The summed E-state index contributed by atoms with van der Waals surface area (Å²) in [6, 6.07) is 3.68. The summed E-state index contributed by atoms with van der Waals surface area (Å²) >= 11 is 3.29. The molecule has 1 aromatic rings. The van der Waals surface area contributed by atoms with Gasteiger partial charge in [0.2, 0.25) is 5.91 Å². The number of carbonyl (C=O) groups is 2. The van der Waals surface area contributed by atoms with Crippen molar-refractivity contribution in [3.8, 4) is 5.75 Å². The van der Waals surface area contributed by atoms with Gasteiger partial charge in [-0.15, -0.1) is 0 Å². The molecule has 2 N–H and O–H groups in total. The van der Waals surface area contributed by atoms with Crippen LogP contribution in [-0.4, -0.2) is 36.8 Å². The summed E-state index contributed by atoms with van der Waals surface area (Å²) in [5, 5.41) is 11.7. The maximum absolute atomic E-state index is 11.7. The average Bonchev–Trinajstić information content (AvgIpc) is 2.42. The number of nitrogens with one attached hydrogen (secondary N) is 1. The zero-order chi connectivity index (χ0) is 16.0. The van der Waals surface area contributed by atoms with Crippen LogP contribution in [0.25, 0.3) is 0 Å². The third-order valence-electron chi connectivity index (χ3n) is 2.61. The topological polar surface area (TPSA) is 84.9 Å². The lowest BCUT2D eigenvalue weighted by atomic mass is 10.1. The molecule has 0 aliphatic heterocycles. The third-order valence-corrected chi connectivity index (χ3v) is 3.23. The Bertz CT molecular complexity index is 518. The maximum atomic E-state index is 11.7. The highest BCUT2D eigenvalue weighted by Crippen LogP contribution is 2.28. The minimum atomic E-state index is -1.15. The van der Waals surface area contributed by atoms with E-state index in [1.165, 1.54) is 7.11 Å². The van der Waals surface area contributed by atoms with Crippen molar-refractivity contribution in [3.05, 3.63) is 28.2 Å². The van der Waals surface area contributed by atoms with Crippen molar-refractivity contribution in [1.82, 2.24) is 5.32 Å². The van der Waals surface area contributed by atoms with Crippen LogP contribution in [0, 0.1) is 0 Å². The molecule has 1 amide bonds. The van der Waals surface area contributed by atoms with E-state index in [-0.39, 0.29) is 12.7 Å². The van der Waals surface area contributed by atoms with E-state index in [4.69, 9.17) is 9.47 Å². The molecule has 6 nitrogen and oxygen atoms in total. The first-order chi connectivity index (χ1) is 9.85. The number of hydrogen-bond donors (Lipinski definition) is 2. The lowest BCUT2D eigenvalue weighted by molar-refractivity contribution is -0.143. The summed E-state index contributed by atoms with van der Waals surface area (Å²) < 4.78 is 10.8. The molecule has 0 aromatic heterocycles. The Labute approximate surface area is 131 Å². The Morgan fingerprint density at radius 1 is 1.38 bits per heavy atom. The molecule has 1 atom stereocenters. The van der Waals surface area contributed by atoms with Gasteiger partial charge in [-0.1, -0.05) is 6.07 Å². The van der Waals surface area contributed by atoms with E-state index < -0.39 is 17.9 Å². The monoisotopic (exact) mass is 359 g/mol. The van der Waals surface area contributed by atoms with Gasteiger partial charge in [-0.05, 0) is 47.5 Å². The fourth-order valence-corrected chi connectivity index (χ4v) is 2.15. The standard InChI is InChI=1S/C14H18BrNO5/c1-8(2)21-7-12(17)16-13(14(18)19)9-4-5-11(20-3)10(15)6-9/h4-6,8,13H,7H2,1-3H3,(H,16,17)(H,18,19). The normalized spacial score (nSPS) is 12.0. The Morgan fingerprint density at radius 3 is 2.52 bits per heavy atom. The predicted octanol–water partition coefficient (Wildman–Crippen LogP) is 2.12. The molecule has 0 saturated heterocycles. The number of benzene rings is 1. The summed E-state index contributed by atoms with van der Waals surface area (Å²) in [5.41, 5.74) is 0.438. The number of aliphatic carboxylic acids is 1. The van der Waals surface area contributed by atoms with Crippen LogP contribution in [0.3, 0.4) is 0 Å². The van der Waals surface area contributed by atoms with Crippen molar-refractivity contribution in [3.63, 3.8) is 0 Å². The van der Waals surface area contributed by atoms with Gasteiger partial charge in [0.05, 0.1) is 17.7 Å². The van der Waals surface area contributed by atoms with Crippen LogP contribution in [0.5, 0.6) is 5.75 Å². The van der Waals surface area contributed by atoms with Crippen molar-refractivity contribution in [2.24, 2.45) is 0 Å². The van der Waals surface area contributed by atoms with Crippen LogP contribution in [0.1, 0.15) is 25.5 Å². The quantitative estimate of drug-likeness (QED) is 0.778. The second-order valence-corrected chi connectivity index (χ2v) is 5.45. The van der Waals surface area contributed by atoms with Crippen molar-refractivity contribution in [2.75, 3.05) is 13.7 Å². The molecule has 0 aliphatic rings. The molecule has 0 spiro atoms. The molecule has 0 bridgehead atoms. The molecule has 116 valence electrons. The van der Waals surface area contributed by atoms with Crippen LogP contribution in [-0.2, 0) is 14.3 Å².